The third-order valence-corrected chi connectivity index (χ3v) is 8.16. The van der Waals surface area contributed by atoms with Gasteiger partial charge in [-0.3, -0.25) is 0 Å². The van der Waals surface area contributed by atoms with Crippen molar-refractivity contribution in [2.45, 2.75) is 89.1 Å². The molecule has 36 heavy (non-hydrogen) atoms. The van der Waals surface area contributed by atoms with Crippen LogP contribution in [-0.2, 0) is 12.8 Å². The van der Waals surface area contributed by atoms with Crippen molar-refractivity contribution in [3.8, 4) is 23.0 Å². The van der Waals surface area contributed by atoms with Crippen molar-refractivity contribution in [2.24, 2.45) is 0 Å². The summed E-state index contributed by atoms with van der Waals surface area (Å²) in [6, 6.07) is 11.5. The van der Waals surface area contributed by atoms with Gasteiger partial charge >= 0.3 is 0 Å². The minimum atomic E-state index is -0.0440. The van der Waals surface area contributed by atoms with E-state index in [4.69, 9.17) is 0 Å². The number of likely N-dealkylation sites (tertiary alicyclic amines) is 2. The van der Waals surface area contributed by atoms with Crippen LogP contribution in [0.15, 0.2) is 36.4 Å². The molecule has 4 N–H and O–H groups in total. The molecule has 2 aromatic carbocycles. The maximum atomic E-state index is 9.77. The van der Waals surface area contributed by atoms with Gasteiger partial charge in [0, 0.05) is 12.1 Å². The first-order chi connectivity index (χ1) is 17.5. The zero-order chi connectivity index (χ0) is 25.3. The summed E-state index contributed by atoms with van der Waals surface area (Å²) < 4.78 is 0. The van der Waals surface area contributed by atoms with Crippen molar-refractivity contribution in [3.05, 3.63) is 47.5 Å². The lowest BCUT2D eigenvalue weighted by atomic mass is 10.0. The summed E-state index contributed by atoms with van der Waals surface area (Å²) in [4.78, 5) is 5.23. The van der Waals surface area contributed by atoms with Gasteiger partial charge in [-0.25, -0.2) is 0 Å². The normalized spacial score (nSPS) is 20.9. The van der Waals surface area contributed by atoms with Gasteiger partial charge in [-0.1, -0.05) is 37.8 Å². The Morgan fingerprint density at radius 3 is 1.39 bits per heavy atom. The van der Waals surface area contributed by atoms with Crippen LogP contribution >= 0.6 is 0 Å². The van der Waals surface area contributed by atoms with Crippen LogP contribution < -0.4 is 0 Å². The monoisotopic (exact) mass is 496 g/mol. The van der Waals surface area contributed by atoms with Gasteiger partial charge in [0.2, 0.25) is 0 Å². The second-order valence-electron chi connectivity index (χ2n) is 10.8. The summed E-state index contributed by atoms with van der Waals surface area (Å²) >= 11 is 0. The zero-order valence-electron chi connectivity index (χ0n) is 21.6. The lowest BCUT2D eigenvalue weighted by molar-refractivity contribution is 0.242. The van der Waals surface area contributed by atoms with E-state index in [0.29, 0.717) is 12.1 Å². The Labute approximate surface area is 216 Å². The van der Waals surface area contributed by atoms with Crippen LogP contribution in [0.3, 0.4) is 0 Å². The van der Waals surface area contributed by atoms with Gasteiger partial charge in [0.1, 0.15) is 0 Å². The van der Waals surface area contributed by atoms with E-state index in [1.807, 2.05) is 12.1 Å². The molecule has 0 spiro atoms. The Hall–Kier alpha value is -2.44. The highest BCUT2D eigenvalue weighted by Crippen LogP contribution is 2.29. The number of hydrogen-bond donors (Lipinski definition) is 4. The van der Waals surface area contributed by atoms with Crippen LogP contribution in [0.5, 0.6) is 23.0 Å². The highest BCUT2D eigenvalue weighted by molar-refractivity contribution is 5.41. The fourth-order valence-electron chi connectivity index (χ4n) is 6.11. The van der Waals surface area contributed by atoms with E-state index < -0.39 is 0 Å². The molecule has 0 unspecified atom stereocenters. The number of rotatable bonds is 13. The van der Waals surface area contributed by atoms with Gasteiger partial charge in [-0.05, 0) is 113 Å². The zero-order valence-corrected chi connectivity index (χ0v) is 21.6. The highest BCUT2D eigenvalue weighted by atomic mass is 16.3. The smallest absolute Gasteiger partial charge is 0.157 e. The Kier molecular flexibility index (Phi) is 9.76. The van der Waals surface area contributed by atoms with Crippen molar-refractivity contribution in [3.63, 3.8) is 0 Å². The van der Waals surface area contributed by atoms with E-state index in [9.17, 15) is 20.4 Å². The van der Waals surface area contributed by atoms with Crippen LogP contribution in [0, 0.1) is 0 Å². The summed E-state index contributed by atoms with van der Waals surface area (Å²) in [5.74, 6) is -0.125. The van der Waals surface area contributed by atoms with Crippen molar-refractivity contribution >= 4 is 0 Å². The molecular formula is C30H44N2O4. The molecule has 6 heteroatoms. The van der Waals surface area contributed by atoms with Crippen LogP contribution in [0.2, 0.25) is 0 Å². The Bertz CT molecular complexity index is 888. The number of phenolic OH excluding ortho intramolecular Hbond substituents is 4. The fourth-order valence-corrected chi connectivity index (χ4v) is 6.11. The minimum absolute atomic E-state index is 0.0186. The van der Waals surface area contributed by atoms with E-state index >= 15 is 0 Å². The largest absolute Gasteiger partial charge is 0.504 e. The molecule has 4 rings (SSSR count). The number of benzene rings is 2. The molecular weight excluding hydrogens is 452 g/mol. The number of aromatic hydroxyl groups is 4. The highest BCUT2D eigenvalue weighted by Gasteiger charge is 2.25. The molecule has 2 saturated heterocycles. The number of hydrogen-bond acceptors (Lipinski definition) is 6. The molecule has 0 saturated carbocycles. The number of nitrogens with zero attached hydrogens (tertiary/aromatic N) is 2. The van der Waals surface area contributed by atoms with Crippen LogP contribution in [0.1, 0.15) is 75.3 Å². The number of unbranched alkanes of at least 4 members (excludes halogenated alkanes) is 5. The first-order valence-corrected chi connectivity index (χ1v) is 14.0. The molecule has 2 fully saturated rings. The average molecular weight is 497 g/mol. The molecule has 0 amide bonds. The molecule has 0 bridgehead atoms. The van der Waals surface area contributed by atoms with E-state index in [1.54, 1.807) is 24.3 Å². The predicted molar refractivity (Wildman–Crippen MR) is 144 cm³/mol. The second-order valence-corrected chi connectivity index (χ2v) is 10.8. The van der Waals surface area contributed by atoms with Gasteiger partial charge in [-0.15, -0.1) is 0 Å². The third kappa shape index (κ3) is 7.53. The van der Waals surface area contributed by atoms with Crippen LogP contribution in [0.4, 0.5) is 0 Å². The third-order valence-electron chi connectivity index (χ3n) is 8.16. The molecule has 2 heterocycles. The first-order valence-electron chi connectivity index (χ1n) is 14.0. The Morgan fingerprint density at radius 2 is 0.972 bits per heavy atom. The van der Waals surface area contributed by atoms with Gasteiger partial charge in [-0.2, -0.15) is 0 Å². The SMILES string of the molecule is Oc1ccc(C[C@H]2CCCN2CCCCCCCCN2CCC[C@@H]2Cc2ccc(O)c(O)c2)cc1O. The summed E-state index contributed by atoms with van der Waals surface area (Å²) in [5.41, 5.74) is 2.20. The van der Waals surface area contributed by atoms with Gasteiger partial charge in [0.05, 0.1) is 0 Å². The van der Waals surface area contributed by atoms with E-state index in [1.165, 1.54) is 77.3 Å². The Morgan fingerprint density at radius 1 is 0.556 bits per heavy atom. The van der Waals surface area contributed by atoms with Crippen molar-refractivity contribution in [1.82, 2.24) is 9.80 Å². The van der Waals surface area contributed by atoms with E-state index in [-0.39, 0.29) is 23.0 Å². The summed E-state index contributed by atoms with van der Waals surface area (Å²) in [6.45, 7) is 4.68. The van der Waals surface area contributed by atoms with Crippen molar-refractivity contribution in [1.29, 1.82) is 0 Å². The quantitative estimate of drug-likeness (QED) is 0.214. The minimum Gasteiger partial charge on any atom is -0.504 e. The summed E-state index contributed by atoms with van der Waals surface area (Å²) in [7, 11) is 0. The summed E-state index contributed by atoms with van der Waals surface area (Å²) in [6.07, 6.45) is 14.5. The van der Waals surface area contributed by atoms with Crippen molar-refractivity contribution in [2.75, 3.05) is 26.2 Å². The molecule has 198 valence electrons. The van der Waals surface area contributed by atoms with Gasteiger partial charge in [0.25, 0.3) is 0 Å². The molecule has 2 aliphatic heterocycles. The molecule has 0 aliphatic carbocycles. The Balaban J connectivity index is 1.07. The van der Waals surface area contributed by atoms with E-state index in [0.717, 1.165) is 37.1 Å². The molecule has 6 nitrogen and oxygen atoms in total. The molecule has 0 radical (unpaired) electrons. The standard InChI is InChI=1S/C30H44N2O4/c33-27-13-11-23(21-29(27)35)19-25-9-7-17-31(25)15-5-3-1-2-4-6-16-32-18-8-10-26(32)20-24-12-14-28(34)30(36)22-24/h11-14,21-22,25-26,33-36H,1-10,15-20H2/t25-,26-/m1/s1. The van der Waals surface area contributed by atoms with Gasteiger partial charge in [0.15, 0.2) is 23.0 Å². The lowest BCUT2D eigenvalue weighted by Gasteiger charge is -2.25. The van der Waals surface area contributed by atoms with Crippen LogP contribution in [0.25, 0.3) is 0 Å². The molecule has 2 aliphatic rings. The second kappa shape index (κ2) is 13.2. The van der Waals surface area contributed by atoms with Crippen LogP contribution in [-0.4, -0.2) is 68.5 Å². The predicted octanol–water partition coefficient (Wildman–Crippen LogP) is 5.56. The maximum Gasteiger partial charge on any atom is 0.157 e. The molecule has 2 aromatic rings. The summed E-state index contributed by atoms with van der Waals surface area (Å²) in [5, 5.41) is 38.6. The van der Waals surface area contributed by atoms with E-state index in [2.05, 4.69) is 9.80 Å². The average Bonchev–Trinajstić information content (AvgIpc) is 3.49. The number of phenols is 4. The lowest BCUT2D eigenvalue weighted by Crippen LogP contribution is -2.32. The van der Waals surface area contributed by atoms with Crippen molar-refractivity contribution < 1.29 is 20.4 Å². The topological polar surface area (TPSA) is 87.4 Å². The maximum absolute atomic E-state index is 9.77. The molecule has 0 aromatic heterocycles. The first kappa shape index (κ1) is 26.6. The fraction of sp³-hybridized carbons (Fsp3) is 0.600. The molecule has 2 atom stereocenters. The van der Waals surface area contributed by atoms with Gasteiger partial charge < -0.3 is 30.2 Å².